The molecule has 0 fully saturated rings. The molecule has 0 aromatic heterocycles. The van der Waals surface area contributed by atoms with Crippen molar-refractivity contribution in [1.82, 2.24) is 4.90 Å². The Morgan fingerprint density at radius 2 is 1.63 bits per heavy atom. The van der Waals surface area contributed by atoms with Gasteiger partial charge in [-0.2, -0.15) is 0 Å². The van der Waals surface area contributed by atoms with E-state index in [4.69, 9.17) is 21.1 Å². The minimum absolute atomic E-state index is 0.0847. The summed E-state index contributed by atoms with van der Waals surface area (Å²) >= 11 is 5.82. The molecule has 0 saturated heterocycles. The predicted molar refractivity (Wildman–Crippen MR) is 106 cm³/mol. The Morgan fingerprint density at radius 1 is 1.00 bits per heavy atom. The third kappa shape index (κ3) is 5.89. The fourth-order valence-corrected chi connectivity index (χ4v) is 2.55. The van der Waals surface area contributed by atoms with Crippen molar-refractivity contribution >= 4 is 29.1 Å². The Morgan fingerprint density at radius 3 is 2.26 bits per heavy atom. The molecule has 144 valence electrons. The van der Waals surface area contributed by atoms with E-state index in [0.29, 0.717) is 41.0 Å². The molecule has 0 spiro atoms. The second-order valence-electron chi connectivity index (χ2n) is 5.74. The number of ether oxygens (including phenoxy) is 2. The lowest BCUT2D eigenvalue weighted by molar-refractivity contribution is -0.116. The van der Waals surface area contributed by atoms with E-state index in [1.807, 2.05) is 13.8 Å². The van der Waals surface area contributed by atoms with Gasteiger partial charge in [-0.25, -0.2) is 0 Å². The van der Waals surface area contributed by atoms with Crippen LogP contribution < -0.4 is 14.8 Å². The maximum absolute atomic E-state index is 12.6. The summed E-state index contributed by atoms with van der Waals surface area (Å²) in [5, 5.41) is 3.31. The molecule has 0 aliphatic carbocycles. The van der Waals surface area contributed by atoms with E-state index >= 15 is 0 Å². The predicted octanol–water partition coefficient (Wildman–Crippen LogP) is 3.85. The number of hydrogen-bond acceptors (Lipinski definition) is 4. The van der Waals surface area contributed by atoms with Gasteiger partial charge >= 0.3 is 0 Å². The van der Waals surface area contributed by atoms with Crippen LogP contribution in [-0.4, -0.2) is 43.5 Å². The van der Waals surface area contributed by atoms with E-state index in [2.05, 4.69) is 5.32 Å². The summed E-state index contributed by atoms with van der Waals surface area (Å²) < 4.78 is 11.0. The SMILES string of the molecule is CCOc1ccc(C(=O)N(C)CC(=O)Nc2ccc(Cl)cc2)cc1OCC. The van der Waals surface area contributed by atoms with E-state index < -0.39 is 0 Å². The van der Waals surface area contributed by atoms with E-state index in [1.54, 1.807) is 49.5 Å². The maximum atomic E-state index is 12.6. The van der Waals surface area contributed by atoms with Crippen LogP contribution in [-0.2, 0) is 4.79 Å². The average Bonchev–Trinajstić information content (AvgIpc) is 2.64. The molecule has 0 aliphatic rings. The summed E-state index contributed by atoms with van der Waals surface area (Å²) in [6.45, 7) is 4.60. The molecular weight excluding hydrogens is 368 g/mol. The number of benzene rings is 2. The van der Waals surface area contributed by atoms with Gasteiger partial charge in [0.2, 0.25) is 5.91 Å². The van der Waals surface area contributed by atoms with Gasteiger partial charge in [0.15, 0.2) is 11.5 Å². The lowest BCUT2D eigenvalue weighted by Gasteiger charge is -2.18. The largest absolute Gasteiger partial charge is 0.490 e. The molecule has 0 radical (unpaired) electrons. The van der Waals surface area contributed by atoms with Crippen molar-refractivity contribution in [3.63, 3.8) is 0 Å². The number of carbonyl (C=O) groups excluding carboxylic acids is 2. The fraction of sp³-hybridized carbons (Fsp3) is 0.300. The zero-order valence-electron chi connectivity index (χ0n) is 15.6. The topological polar surface area (TPSA) is 67.9 Å². The highest BCUT2D eigenvalue weighted by atomic mass is 35.5. The highest BCUT2D eigenvalue weighted by molar-refractivity contribution is 6.30. The van der Waals surface area contributed by atoms with E-state index in [1.165, 1.54) is 4.90 Å². The fourth-order valence-electron chi connectivity index (χ4n) is 2.43. The molecule has 2 rings (SSSR count). The summed E-state index contributed by atoms with van der Waals surface area (Å²) in [7, 11) is 1.57. The van der Waals surface area contributed by atoms with Crippen LogP contribution in [0.4, 0.5) is 5.69 Å². The number of rotatable bonds is 8. The highest BCUT2D eigenvalue weighted by Gasteiger charge is 2.17. The number of carbonyl (C=O) groups is 2. The number of amides is 2. The second kappa shape index (κ2) is 9.83. The molecular formula is C20H23ClN2O4. The van der Waals surface area contributed by atoms with Crippen molar-refractivity contribution in [2.75, 3.05) is 32.1 Å². The Hall–Kier alpha value is -2.73. The van der Waals surface area contributed by atoms with Crippen LogP contribution in [0.25, 0.3) is 0 Å². The van der Waals surface area contributed by atoms with Gasteiger partial charge in [-0.3, -0.25) is 9.59 Å². The van der Waals surface area contributed by atoms with E-state index in [0.717, 1.165) is 0 Å². The molecule has 0 unspecified atom stereocenters. The molecule has 27 heavy (non-hydrogen) atoms. The lowest BCUT2D eigenvalue weighted by atomic mass is 10.1. The van der Waals surface area contributed by atoms with Crippen molar-refractivity contribution in [3.05, 3.63) is 53.1 Å². The first-order valence-corrected chi connectivity index (χ1v) is 9.03. The number of anilines is 1. The summed E-state index contributed by atoms with van der Waals surface area (Å²) in [6, 6.07) is 11.7. The first-order valence-electron chi connectivity index (χ1n) is 8.65. The van der Waals surface area contributed by atoms with Gasteiger partial charge in [0.1, 0.15) is 0 Å². The lowest BCUT2D eigenvalue weighted by Crippen LogP contribution is -2.34. The standard InChI is InChI=1S/C20H23ClN2O4/c1-4-26-17-11-6-14(12-18(17)27-5-2)20(25)23(3)13-19(24)22-16-9-7-15(21)8-10-16/h6-12H,4-5,13H2,1-3H3,(H,22,24). The molecule has 0 saturated carbocycles. The molecule has 2 amide bonds. The van der Waals surface area contributed by atoms with Crippen LogP contribution in [0.5, 0.6) is 11.5 Å². The zero-order chi connectivity index (χ0) is 19.8. The molecule has 2 aromatic rings. The minimum Gasteiger partial charge on any atom is -0.490 e. The summed E-state index contributed by atoms with van der Waals surface area (Å²) in [5.74, 6) is 0.498. The Kier molecular flexibility index (Phi) is 7.49. The molecule has 2 aromatic carbocycles. The third-order valence-electron chi connectivity index (χ3n) is 3.65. The molecule has 0 bridgehead atoms. The van der Waals surface area contributed by atoms with Gasteiger partial charge in [0.25, 0.3) is 5.91 Å². The molecule has 0 aliphatic heterocycles. The normalized spacial score (nSPS) is 10.2. The van der Waals surface area contributed by atoms with Gasteiger partial charge in [-0.15, -0.1) is 0 Å². The van der Waals surface area contributed by atoms with Crippen molar-refractivity contribution in [2.24, 2.45) is 0 Å². The summed E-state index contributed by atoms with van der Waals surface area (Å²) in [6.07, 6.45) is 0. The number of nitrogens with zero attached hydrogens (tertiary/aromatic N) is 1. The van der Waals surface area contributed by atoms with Crippen LogP contribution in [0.15, 0.2) is 42.5 Å². The quantitative estimate of drug-likeness (QED) is 0.743. The van der Waals surface area contributed by atoms with Crippen molar-refractivity contribution in [1.29, 1.82) is 0 Å². The van der Waals surface area contributed by atoms with Crippen LogP contribution in [0, 0.1) is 0 Å². The van der Waals surface area contributed by atoms with Gasteiger partial charge in [0, 0.05) is 23.3 Å². The number of hydrogen-bond donors (Lipinski definition) is 1. The smallest absolute Gasteiger partial charge is 0.254 e. The first kappa shape index (κ1) is 20.6. The summed E-state index contributed by atoms with van der Waals surface area (Å²) in [5.41, 5.74) is 1.04. The molecule has 7 heteroatoms. The molecule has 0 atom stereocenters. The minimum atomic E-state index is -0.302. The number of likely N-dealkylation sites (N-methyl/N-ethyl adjacent to an activating group) is 1. The van der Waals surface area contributed by atoms with Crippen LogP contribution >= 0.6 is 11.6 Å². The number of nitrogens with one attached hydrogen (secondary N) is 1. The highest BCUT2D eigenvalue weighted by Crippen LogP contribution is 2.29. The molecule has 1 N–H and O–H groups in total. The van der Waals surface area contributed by atoms with Crippen molar-refractivity contribution in [2.45, 2.75) is 13.8 Å². The zero-order valence-corrected chi connectivity index (χ0v) is 16.4. The Balaban J connectivity index is 2.04. The van der Waals surface area contributed by atoms with Gasteiger partial charge < -0.3 is 19.7 Å². The van der Waals surface area contributed by atoms with Crippen LogP contribution in [0.2, 0.25) is 5.02 Å². The second-order valence-corrected chi connectivity index (χ2v) is 6.18. The van der Waals surface area contributed by atoms with Gasteiger partial charge in [-0.1, -0.05) is 11.6 Å². The van der Waals surface area contributed by atoms with Gasteiger partial charge in [-0.05, 0) is 56.3 Å². The summed E-state index contributed by atoms with van der Waals surface area (Å²) in [4.78, 5) is 26.1. The van der Waals surface area contributed by atoms with E-state index in [-0.39, 0.29) is 18.4 Å². The van der Waals surface area contributed by atoms with Gasteiger partial charge in [0.05, 0.1) is 19.8 Å². The van der Waals surface area contributed by atoms with Crippen LogP contribution in [0.1, 0.15) is 24.2 Å². The van der Waals surface area contributed by atoms with Crippen LogP contribution in [0.3, 0.4) is 0 Å². The van der Waals surface area contributed by atoms with Crippen molar-refractivity contribution in [3.8, 4) is 11.5 Å². The molecule has 6 nitrogen and oxygen atoms in total. The third-order valence-corrected chi connectivity index (χ3v) is 3.90. The molecule has 0 heterocycles. The monoisotopic (exact) mass is 390 g/mol. The van der Waals surface area contributed by atoms with Crippen molar-refractivity contribution < 1.29 is 19.1 Å². The van der Waals surface area contributed by atoms with E-state index in [9.17, 15) is 9.59 Å². The Labute approximate surface area is 164 Å². The maximum Gasteiger partial charge on any atom is 0.254 e. The average molecular weight is 391 g/mol. The number of halogens is 1. The first-order chi connectivity index (χ1) is 12.9. The Bertz CT molecular complexity index is 793.